The summed E-state index contributed by atoms with van der Waals surface area (Å²) < 4.78 is 5.01. The number of phenolic OH excluding ortho intramolecular Hbond substituents is 1. The van der Waals surface area contributed by atoms with Crippen molar-refractivity contribution in [2.24, 2.45) is 0 Å². The fraction of sp³-hybridized carbons (Fsp3) is 0.571. The van der Waals surface area contributed by atoms with Crippen LogP contribution in [0.25, 0.3) is 0 Å². The molecule has 0 unspecified atom stereocenters. The van der Waals surface area contributed by atoms with E-state index in [2.05, 4.69) is 38.2 Å². The molecule has 0 fully saturated rings. The van der Waals surface area contributed by atoms with Crippen molar-refractivity contribution >= 4 is 0 Å². The van der Waals surface area contributed by atoms with E-state index in [1.807, 2.05) is 6.07 Å². The second-order valence-electron chi connectivity index (χ2n) is 5.32. The zero-order valence-corrected chi connectivity index (χ0v) is 11.9. The van der Waals surface area contributed by atoms with Gasteiger partial charge in [-0.05, 0) is 45.6 Å². The zero-order valence-electron chi connectivity index (χ0n) is 11.9. The van der Waals surface area contributed by atoms with Gasteiger partial charge in [0.15, 0.2) is 11.5 Å². The molecule has 0 radical (unpaired) electrons. The lowest BCUT2D eigenvalue weighted by molar-refractivity contribution is 0.189. The second-order valence-corrected chi connectivity index (χ2v) is 5.32. The van der Waals surface area contributed by atoms with Crippen LogP contribution in [0.1, 0.15) is 19.4 Å². The minimum atomic E-state index is 0.106. The molecule has 18 heavy (non-hydrogen) atoms. The van der Waals surface area contributed by atoms with Crippen LogP contribution in [0.4, 0.5) is 0 Å². The first-order chi connectivity index (χ1) is 8.36. The summed E-state index contributed by atoms with van der Waals surface area (Å²) in [6.45, 7) is 5.98. The minimum Gasteiger partial charge on any atom is -0.504 e. The van der Waals surface area contributed by atoms with Crippen molar-refractivity contribution in [3.63, 3.8) is 0 Å². The van der Waals surface area contributed by atoms with Gasteiger partial charge < -0.3 is 20.1 Å². The Hall–Kier alpha value is -1.26. The summed E-state index contributed by atoms with van der Waals surface area (Å²) >= 11 is 0. The first-order valence-electron chi connectivity index (χ1n) is 6.11. The number of methoxy groups -OCH3 is 1. The Balaban J connectivity index is 2.52. The van der Waals surface area contributed by atoms with Crippen molar-refractivity contribution in [2.45, 2.75) is 25.9 Å². The van der Waals surface area contributed by atoms with Gasteiger partial charge in [0, 0.05) is 18.6 Å². The van der Waals surface area contributed by atoms with Gasteiger partial charge in [0.05, 0.1) is 7.11 Å². The van der Waals surface area contributed by atoms with E-state index in [4.69, 9.17) is 4.74 Å². The fourth-order valence-corrected chi connectivity index (χ4v) is 1.52. The molecular weight excluding hydrogens is 228 g/mol. The Bertz CT molecular complexity index is 389. The van der Waals surface area contributed by atoms with E-state index >= 15 is 0 Å². The average molecular weight is 252 g/mol. The standard InChI is InChI=1S/C14H24N2O2/c1-14(2,16(3)4)10-15-9-11-6-7-13(18-5)12(17)8-11/h6-8,15,17H,9-10H2,1-5H3. The van der Waals surface area contributed by atoms with E-state index in [1.54, 1.807) is 19.2 Å². The molecule has 0 bridgehead atoms. The molecule has 4 nitrogen and oxygen atoms in total. The third kappa shape index (κ3) is 3.89. The van der Waals surface area contributed by atoms with E-state index in [0.29, 0.717) is 5.75 Å². The number of likely N-dealkylation sites (N-methyl/N-ethyl adjacent to an activating group) is 1. The van der Waals surface area contributed by atoms with Gasteiger partial charge in [0.25, 0.3) is 0 Å². The molecule has 2 N–H and O–H groups in total. The van der Waals surface area contributed by atoms with Gasteiger partial charge in [-0.2, -0.15) is 0 Å². The molecule has 0 aliphatic heterocycles. The number of phenols is 1. The van der Waals surface area contributed by atoms with Crippen LogP contribution >= 0.6 is 0 Å². The number of aromatic hydroxyl groups is 1. The van der Waals surface area contributed by atoms with Crippen LogP contribution in [0.15, 0.2) is 18.2 Å². The van der Waals surface area contributed by atoms with Gasteiger partial charge in [-0.3, -0.25) is 0 Å². The number of rotatable bonds is 6. The maximum Gasteiger partial charge on any atom is 0.160 e. The second kappa shape index (κ2) is 6.07. The van der Waals surface area contributed by atoms with Crippen molar-refractivity contribution in [1.82, 2.24) is 10.2 Å². The Morgan fingerprint density at radius 3 is 2.50 bits per heavy atom. The van der Waals surface area contributed by atoms with Gasteiger partial charge in [0.2, 0.25) is 0 Å². The van der Waals surface area contributed by atoms with Gasteiger partial charge >= 0.3 is 0 Å². The number of ether oxygens (including phenoxy) is 1. The predicted molar refractivity (Wildman–Crippen MR) is 74.1 cm³/mol. The first-order valence-corrected chi connectivity index (χ1v) is 6.11. The first kappa shape index (κ1) is 14.8. The molecule has 102 valence electrons. The molecular formula is C14H24N2O2. The van der Waals surface area contributed by atoms with Crippen LogP contribution in [0.3, 0.4) is 0 Å². The van der Waals surface area contributed by atoms with E-state index in [0.717, 1.165) is 18.7 Å². The van der Waals surface area contributed by atoms with Crippen LogP contribution in [0.5, 0.6) is 11.5 Å². The number of hydrogen-bond acceptors (Lipinski definition) is 4. The third-order valence-corrected chi connectivity index (χ3v) is 3.34. The van der Waals surface area contributed by atoms with Gasteiger partial charge in [0.1, 0.15) is 0 Å². The highest BCUT2D eigenvalue weighted by atomic mass is 16.5. The SMILES string of the molecule is COc1ccc(CNCC(C)(C)N(C)C)cc1O. The molecule has 1 aromatic carbocycles. The Morgan fingerprint density at radius 1 is 1.33 bits per heavy atom. The van der Waals surface area contributed by atoms with Gasteiger partial charge in [-0.25, -0.2) is 0 Å². The smallest absolute Gasteiger partial charge is 0.160 e. The Labute approximate surface area is 110 Å². The molecule has 1 rings (SSSR count). The number of benzene rings is 1. The molecule has 0 atom stereocenters. The highest BCUT2D eigenvalue weighted by Crippen LogP contribution is 2.26. The van der Waals surface area contributed by atoms with Crippen LogP contribution in [0.2, 0.25) is 0 Å². The van der Waals surface area contributed by atoms with E-state index < -0.39 is 0 Å². The van der Waals surface area contributed by atoms with Crippen LogP contribution in [0, 0.1) is 0 Å². The van der Waals surface area contributed by atoms with E-state index in [9.17, 15) is 5.11 Å². The Morgan fingerprint density at radius 2 is 2.00 bits per heavy atom. The number of nitrogens with zero attached hydrogens (tertiary/aromatic N) is 1. The predicted octanol–water partition coefficient (Wildman–Crippen LogP) is 1.83. The summed E-state index contributed by atoms with van der Waals surface area (Å²) in [7, 11) is 5.69. The highest BCUT2D eigenvalue weighted by Gasteiger charge is 2.19. The largest absolute Gasteiger partial charge is 0.504 e. The monoisotopic (exact) mass is 252 g/mol. The average Bonchev–Trinajstić information content (AvgIpc) is 2.29. The molecule has 0 saturated heterocycles. The lowest BCUT2D eigenvalue weighted by atomic mass is 10.0. The molecule has 0 spiro atoms. The van der Waals surface area contributed by atoms with Gasteiger partial charge in [-0.15, -0.1) is 0 Å². The third-order valence-electron chi connectivity index (χ3n) is 3.34. The Kier molecular flexibility index (Phi) is 4.99. The zero-order chi connectivity index (χ0) is 13.8. The molecule has 0 heterocycles. The van der Waals surface area contributed by atoms with Crippen molar-refractivity contribution in [2.75, 3.05) is 27.7 Å². The summed E-state index contributed by atoms with van der Waals surface area (Å²) in [5.41, 5.74) is 1.15. The number of nitrogens with one attached hydrogen (secondary N) is 1. The summed E-state index contributed by atoms with van der Waals surface area (Å²) in [5.74, 6) is 0.691. The van der Waals surface area contributed by atoms with E-state index in [1.165, 1.54) is 0 Å². The van der Waals surface area contributed by atoms with Gasteiger partial charge in [-0.1, -0.05) is 6.07 Å². The summed E-state index contributed by atoms with van der Waals surface area (Å²) in [5, 5.41) is 13.1. The molecule has 0 aliphatic rings. The lowest BCUT2D eigenvalue weighted by Crippen LogP contribution is -2.46. The van der Waals surface area contributed by atoms with Crippen molar-refractivity contribution < 1.29 is 9.84 Å². The highest BCUT2D eigenvalue weighted by molar-refractivity contribution is 5.41. The summed E-state index contributed by atoms with van der Waals surface area (Å²) in [6, 6.07) is 5.46. The quantitative estimate of drug-likeness (QED) is 0.811. The molecule has 0 saturated carbocycles. The lowest BCUT2D eigenvalue weighted by Gasteiger charge is -2.32. The maximum atomic E-state index is 9.68. The van der Waals surface area contributed by atoms with Crippen LogP contribution in [-0.4, -0.2) is 43.3 Å². The van der Waals surface area contributed by atoms with Crippen molar-refractivity contribution in [1.29, 1.82) is 0 Å². The molecule has 0 aliphatic carbocycles. The summed E-state index contributed by atoms with van der Waals surface area (Å²) in [4.78, 5) is 2.19. The molecule has 4 heteroatoms. The molecule has 0 aromatic heterocycles. The topological polar surface area (TPSA) is 44.7 Å². The minimum absolute atomic E-state index is 0.106. The van der Waals surface area contributed by atoms with Crippen LogP contribution < -0.4 is 10.1 Å². The fourth-order valence-electron chi connectivity index (χ4n) is 1.52. The van der Waals surface area contributed by atoms with Crippen molar-refractivity contribution in [3.8, 4) is 11.5 Å². The normalized spacial score (nSPS) is 11.9. The summed E-state index contributed by atoms with van der Waals surface area (Å²) in [6.07, 6.45) is 0. The van der Waals surface area contributed by atoms with Crippen molar-refractivity contribution in [3.05, 3.63) is 23.8 Å². The maximum absolute atomic E-state index is 9.68. The molecule has 0 amide bonds. The van der Waals surface area contributed by atoms with Crippen LogP contribution in [-0.2, 0) is 6.54 Å². The van der Waals surface area contributed by atoms with E-state index in [-0.39, 0.29) is 11.3 Å². The number of hydrogen-bond donors (Lipinski definition) is 2. The molecule has 1 aromatic rings.